The fourth-order valence-corrected chi connectivity index (χ4v) is 1.57. The lowest BCUT2D eigenvalue weighted by Gasteiger charge is -1.87. The molecule has 3 heteroatoms. The quantitative estimate of drug-likeness (QED) is 0.719. The van der Waals surface area contributed by atoms with E-state index < -0.39 is 0 Å². The highest BCUT2D eigenvalue weighted by Gasteiger charge is 1.83. The van der Waals surface area contributed by atoms with E-state index in [0.29, 0.717) is 0 Å². The molecular formula is C12H10N2S. The van der Waals surface area contributed by atoms with E-state index in [1.807, 2.05) is 60.7 Å². The van der Waals surface area contributed by atoms with Crippen LogP contribution >= 0.6 is 0 Å². The summed E-state index contributed by atoms with van der Waals surface area (Å²) in [5, 5.41) is 0. The summed E-state index contributed by atoms with van der Waals surface area (Å²) in [4.78, 5) is 0. The maximum Gasteiger partial charge on any atom is 0.0775 e. The molecule has 0 aliphatic heterocycles. The van der Waals surface area contributed by atoms with Crippen molar-refractivity contribution < 1.29 is 0 Å². The molecule has 0 N–H and O–H groups in total. The molecule has 0 aliphatic carbocycles. The zero-order valence-corrected chi connectivity index (χ0v) is 8.89. The van der Waals surface area contributed by atoms with Crippen molar-refractivity contribution in [1.29, 1.82) is 0 Å². The molecule has 0 amide bonds. The minimum atomic E-state index is 0.933. The number of hydrogen-bond donors (Lipinski definition) is 0. The summed E-state index contributed by atoms with van der Waals surface area (Å²) in [6.45, 7) is 0. The van der Waals surface area contributed by atoms with Crippen LogP contribution in [0.5, 0.6) is 0 Å². The first-order chi connectivity index (χ1) is 7.45. The Balaban J connectivity index is 2.16. The van der Waals surface area contributed by atoms with Gasteiger partial charge in [-0.2, -0.15) is 8.73 Å². The first-order valence-corrected chi connectivity index (χ1v) is 5.36. The van der Waals surface area contributed by atoms with Gasteiger partial charge in [0.25, 0.3) is 0 Å². The van der Waals surface area contributed by atoms with Crippen molar-refractivity contribution >= 4 is 22.7 Å². The van der Waals surface area contributed by atoms with Crippen LogP contribution in [0, 0.1) is 0 Å². The zero-order chi connectivity index (χ0) is 10.3. The van der Waals surface area contributed by atoms with Gasteiger partial charge in [-0.1, -0.05) is 36.4 Å². The van der Waals surface area contributed by atoms with Crippen LogP contribution in [-0.2, 0) is 11.4 Å². The monoisotopic (exact) mass is 214 g/mol. The summed E-state index contributed by atoms with van der Waals surface area (Å²) in [5.74, 6) is 0. The highest BCUT2D eigenvalue weighted by atomic mass is 32.1. The molecule has 0 spiro atoms. The molecule has 0 saturated carbocycles. The van der Waals surface area contributed by atoms with Gasteiger partial charge in [-0.05, 0) is 24.3 Å². The second kappa shape index (κ2) is 5.22. The van der Waals surface area contributed by atoms with Gasteiger partial charge in [-0.25, -0.2) is 0 Å². The minimum Gasteiger partial charge on any atom is -0.175 e. The number of nitrogens with zero attached hydrogens (tertiary/aromatic N) is 2. The molecule has 0 unspecified atom stereocenters. The zero-order valence-electron chi connectivity index (χ0n) is 8.08. The Morgan fingerprint density at radius 3 is 1.40 bits per heavy atom. The molecular weight excluding hydrogens is 204 g/mol. The van der Waals surface area contributed by atoms with Crippen LogP contribution in [0.3, 0.4) is 0 Å². The van der Waals surface area contributed by atoms with Crippen molar-refractivity contribution in [1.82, 2.24) is 0 Å². The molecule has 74 valence electrons. The highest BCUT2D eigenvalue weighted by Crippen LogP contribution is 2.11. The van der Waals surface area contributed by atoms with Crippen LogP contribution in [0.1, 0.15) is 0 Å². The molecule has 0 heterocycles. The molecule has 2 aromatic rings. The molecule has 2 aromatic carbocycles. The fourth-order valence-electron chi connectivity index (χ4n) is 1.09. The van der Waals surface area contributed by atoms with E-state index in [-0.39, 0.29) is 0 Å². The summed E-state index contributed by atoms with van der Waals surface area (Å²) in [6.07, 6.45) is 0. The van der Waals surface area contributed by atoms with Crippen LogP contribution in [0.25, 0.3) is 0 Å². The van der Waals surface area contributed by atoms with Gasteiger partial charge >= 0.3 is 0 Å². The topological polar surface area (TPSA) is 24.7 Å². The van der Waals surface area contributed by atoms with Gasteiger partial charge in [-0.3, -0.25) is 0 Å². The van der Waals surface area contributed by atoms with E-state index in [0.717, 1.165) is 11.4 Å². The van der Waals surface area contributed by atoms with E-state index in [9.17, 15) is 0 Å². The first-order valence-electron chi connectivity index (χ1n) is 4.63. The molecule has 2 rings (SSSR count). The maximum absolute atomic E-state index is 4.25. The smallest absolute Gasteiger partial charge is 0.0775 e. The third-order valence-corrected chi connectivity index (χ3v) is 2.39. The molecule has 0 aliphatic rings. The standard InChI is InChI=1S/C12H10N2S/c1-3-7-11(8-4-1)13-15-14-12-9-5-2-6-10-12/h1-10H. The lowest BCUT2D eigenvalue weighted by Crippen LogP contribution is -1.60. The van der Waals surface area contributed by atoms with Gasteiger partial charge in [0, 0.05) is 0 Å². The normalized spacial score (nSPS) is 9.33. The lowest BCUT2D eigenvalue weighted by molar-refractivity contribution is 1.54. The third kappa shape index (κ3) is 3.14. The fraction of sp³-hybridized carbons (Fsp3) is 0. The van der Waals surface area contributed by atoms with Gasteiger partial charge in [-0.15, -0.1) is 0 Å². The maximum atomic E-state index is 4.25. The van der Waals surface area contributed by atoms with Crippen molar-refractivity contribution in [3.8, 4) is 0 Å². The van der Waals surface area contributed by atoms with Crippen molar-refractivity contribution in [3.05, 3.63) is 60.7 Å². The summed E-state index contributed by atoms with van der Waals surface area (Å²) >= 11 is 1.21. The van der Waals surface area contributed by atoms with Crippen molar-refractivity contribution in [2.24, 2.45) is 8.73 Å². The Labute approximate surface area is 92.5 Å². The summed E-state index contributed by atoms with van der Waals surface area (Å²) < 4.78 is 8.50. The number of benzene rings is 2. The Bertz CT molecular complexity index is 430. The van der Waals surface area contributed by atoms with Crippen molar-refractivity contribution in [3.63, 3.8) is 0 Å². The predicted molar refractivity (Wildman–Crippen MR) is 64.4 cm³/mol. The van der Waals surface area contributed by atoms with E-state index in [4.69, 9.17) is 0 Å². The summed E-state index contributed by atoms with van der Waals surface area (Å²) in [6, 6.07) is 19.6. The van der Waals surface area contributed by atoms with Crippen LogP contribution in [-0.4, -0.2) is 0 Å². The van der Waals surface area contributed by atoms with Crippen molar-refractivity contribution in [2.45, 2.75) is 0 Å². The van der Waals surface area contributed by atoms with Crippen molar-refractivity contribution in [2.75, 3.05) is 0 Å². The second-order valence-corrected chi connectivity index (χ2v) is 3.46. The molecule has 15 heavy (non-hydrogen) atoms. The van der Waals surface area contributed by atoms with E-state index in [2.05, 4.69) is 8.73 Å². The van der Waals surface area contributed by atoms with Crippen LogP contribution in [0.15, 0.2) is 69.4 Å². The minimum absolute atomic E-state index is 0.933. The molecule has 0 atom stereocenters. The van der Waals surface area contributed by atoms with Crippen LogP contribution < -0.4 is 0 Å². The van der Waals surface area contributed by atoms with Gasteiger partial charge in [0.2, 0.25) is 0 Å². The van der Waals surface area contributed by atoms with Gasteiger partial charge in [0.15, 0.2) is 0 Å². The van der Waals surface area contributed by atoms with Gasteiger partial charge in [0.1, 0.15) is 0 Å². The predicted octanol–water partition coefficient (Wildman–Crippen LogP) is 4.10. The molecule has 0 fully saturated rings. The Morgan fingerprint density at radius 2 is 1.00 bits per heavy atom. The number of rotatable bonds is 2. The van der Waals surface area contributed by atoms with Gasteiger partial charge < -0.3 is 0 Å². The van der Waals surface area contributed by atoms with E-state index >= 15 is 0 Å². The summed E-state index contributed by atoms with van der Waals surface area (Å²) in [5.41, 5.74) is 1.87. The highest BCUT2D eigenvalue weighted by molar-refractivity contribution is 7.57. The van der Waals surface area contributed by atoms with Crippen LogP contribution in [0.2, 0.25) is 0 Å². The lowest BCUT2D eigenvalue weighted by atomic mass is 10.3. The first kappa shape index (κ1) is 9.80. The Morgan fingerprint density at radius 1 is 0.600 bits per heavy atom. The van der Waals surface area contributed by atoms with E-state index in [1.54, 1.807) is 0 Å². The van der Waals surface area contributed by atoms with Gasteiger partial charge in [0.05, 0.1) is 22.7 Å². The SMILES string of the molecule is c1ccc(N=S=Nc2ccccc2)cc1. The second-order valence-electron chi connectivity index (χ2n) is 2.94. The summed E-state index contributed by atoms with van der Waals surface area (Å²) in [7, 11) is 0. The van der Waals surface area contributed by atoms with Crippen LogP contribution in [0.4, 0.5) is 11.4 Å². The molecule has 0 aromatic heterocycles. The molecule has 0 radical (unpaired) electrons. The molecule has 0 saturated heterocycles. The molecule has 2 nitrogen and oxygen atoms in total. The average molecular weight is 214 g/mol. The number of hydrogen-bond acceptors (Lipinski definition) is 2. The molecule has 0 bridgehead atoms. The largest absolute Gasteiger partial charge is 0.175 e. The van der Waals surface area contributed by atoms with E-state index in [1.165, 1.54) is 11.4 Å². The Hall–Kier alpha value is -1.74. The average Bonchev–Trinajstić information content (AvgIpc) is 2.32. The third-order valence-electron chi connectivity index (χ3n) is 1.80. The Kier molecular flexibility index (Phi) is 3.41.